The first-order valence-corrected chi connectivity index (χ1v) is 5.62. The fourth-order valence-electron chi connectivity index (χ4n) is 2.01. The van der Waals surface area contributed by atoms with Crippen LogP contribution in [0.5, 0.6) is 0 Å². The molecule has 1 N–H and O–H groups in total. The second-order valence-electron chi connectivity index (χ2n) is 4.20. The van der Waals surface area contributed by atoms with E-state index in [9.17, 15) is 4.79 Å². The van der Waals surface area contributed by atoms with Gasteiger partial charge in [0.2, 0.25) is 0 Å². The van der Waals surface area contributed by atoms with Crippen molar-refractivity contribution in [3.63, 3.8) is 0 Å². The van der Waals surface area contributed by atoms with Crippen LogP contribution < -0.4 is 0 Å². The second-order valence-corrected chi connectivity index (χ2v) is 4.20. The molecule has 0 fully saturated rings. The summed E-state index contributed by atoms with van der Waals surface area (Å²) in [6.07, 6.45) is 0. The lowest BCUT2D eigenvalue weighted by Gasteiger charge is -2.05. The first-order valence-electron chi connectivity index (χ1n) is 5.62. The Hall–Kier alpha value is -2.17. The number of aryl methyl sites for hydroxylation is 3. The highest BCUT2D eigenvalue weighted by molar-refractivity contribution is 5.96. The molecule has 0 aliphatic rings. The van der Waals surface area contributed by atoms with Crippen molar-refractivity contribution in [3.8, 4) is 11.1 Å². The molecule has 0 radical (unpaired) electrons. The third-order valence-electron chi connectivity index (χ3n) is 2.70. The van der Waals surface area contributed by atoms with E-state index in [1.54, 1.807) is 0 Å². The van der Waals surface area contributed by atoms with Crippen LogP contribution in [0, 0.1) is 20.8 Å². The Labute approximate surface area is 105 Å². The van der Waals surface area contributed by atoms with Gasteiger partial charge in [0.1, 0.15) is 0 Å². The lowest BCUT2D eigenvalue weighted by atomic mass is 10.0. The molecule has 94 valence electrons. The molecule has 5 nitrogen and oxygen atoms in total. The number of pyridine rings is 1. The van der Waals surface area contributed by atoms with Crippen molar-refractivity contribution in [1.29, 1.82) is 0 Å². The number of carbonyl (C=O) groups is 1. The van der Waals surface area contributed by atoms with Gasteiger partial charge in [-0.1, -0.05) is 0 Å². The van der Waals surface area contributed by atoms with E-state index in [1.807, 2.05) is 32.9 Å². The predicted octanol–water partition coefficient (Wildman–Crippen LogP) is 2.18. The molecular weight excluding hydrogens is 230 g/mol. The van der Waals surface area contributed by atoms with Gasteiger partial charge in [0.25, 0.3) is 0 Å². The van der Waals surface area contributed by atoms with E-state index in [-0.39, 0.29) is 0 Å². The monoisotopic (exact) mass is 245 g/mol. The molecule has 2 rings (SSSR count). The number of hydrogen-bond donors (Lipinski definition) is 1. The Morgan fingerprint density at radius 2 is 1.83 bits per heavy atom. The van der Waals surface area contributed by atoms with Gasteiger partial charge in [-0.2, -0.15) is 5.10 Å². The summed E-state index contributed by atoms with van der Waals surface area (Å²) in [5.74, 6) is -0.443. The van der Waals surface area contributed by atoms with Crippen LogP contribution in [0.15, 0.2) is 12.1 Å². The third kappa shape index (κ3) is 2.11. The molecule has 2 aromatic heterocycles. The van der Waals surface area contributed by atoms with E-state index in [2.05, 4.69) is 15.2 Å². The van der Waals surface area contributed by atoms with Gasteiger partial charge in [0.05, 0.1) is 7.11 Å². The molecule has 0 aromatic carbocycles. The topological polar surface area (TPSA) is 67.9 Å². The normalized spacial score (nSPS) is 10.4. The maximum absolute atomic E-state index is 11.7. The number of hydrogen-bond acceptors (Lipinski definition) is 4. The minimum absolute atomic E-state index is 0.306. The van der Waals surface area contributed by atoms with E-state index in [0.717, 1.165) is 28.2 Å². The Morgan fingerprint density at radius 3 is 2.39 bits per heavy atom. The van der Waals surface area contributed by atoms with Gasteiger partial charge in [-0.05, 0) is 38.5 Å². The standard InChI is InChI=1S/C13H15N3O2/c1-7-5-10(6-8(2)14-7)11-9(3)15-16-12(11)13(17)18-4/h5-6H,1-4H3,(H,15,16). The molecule has 2 heterocycles. The number of nitrogens with one attached hydrogen (secondary N) is 1. The predicted molar refractivity (Wildman–Crippen MR) is 67.4 cm³/mol. The number of nitrogens with zero attached hydrogens (tertiary/aromatic N) is 2. The summed E-state index contributed by atoms with van der Waals surface area (Å²) in [7, 11) is 1.35. The van der Waals surface area contributed by atoms with Gasteiger partial charge in [-0.15, -0.1) is 0 Å². The molecule has 18 heavy (non-hydrogen) atoms. The van der Waals surface area contributed by atoms with Crippen molar-refractivity contribution in [2.45, 2.75) is 20.8 Å². The lowest BCUT2D eigenvalue weighted by Crippen LogP contribution is -2.04. The summed E-state index contributed by atoms with van der Waals surface area (Å²) in [4.78, 5) is 16.0. The zero-order valence-electron chi connectivity index (χ0n) is 10.9. The van der Waals surface area contributed by atoms with E-state index in [0.29, 0.717) is 5.69 Å². The van der Waals surface area contributed by atoms with E-state index >= 15 is 0 Å². The Morgan fingerprint density at radius 1 is 1.22 bits per heavy atom. The van der Waals surface area contributed by atoms with Crippen LogP contribution in [-0.2, 0) is 4.74 Å². The van der Waals surface area contributed by atoms with Gasteiger partial charge in [-0.3, -0.25) is 10.1 Å². The highest BCUT2D eigenvalue weighted by atomic mass is 16.5. The molecular formula is C13H15N3O2. The molecule has 0 spiro atoms. The second kappa shape index (κ2) is 4.60. The highest BCUT2D eigenvalue weighted by Crippen LogP contribution is 2.27. The quantitative estimate of drug-likeness (QED) is 0.823. The Balaban J connectivity index is 2.62. The fourth-order valence-corrected chi connectivity index (χ4v) is 2.01. The molecule has 5 heteroatoms. The van der Waals surface area contributed by atoms with Crippen LogP contribution in [0.3, 0.4) is 0 Å². The maximum Gasteiger partial charge on any atom is 0.359 e. The Bertz CT molecular complexity index is 582. The number of rotatable bonds is 2. The smallest absolute Gasteiger partial charge is 0.359 e. The molecule has 0 atom stereocenters. The van der Waals surface area contributed by atoms with Crippen LogP contribution in [-0.4, -0.2) is 28.3 Å². The molecule has 0 unspecified atom stereocenters. The molecule has 0 saturated heterocycles. The SMILES string of the molecule is COC(=O)c1n[nH]c(C)c1-c1cc(C)nc(C)c1. The summed E-state index contributed by atoms with van der Waals surface area (Å²) in [5.41, 5.74) is 4.64. The maximum atomic E-state index is 11.7. The fraction of sp³-hybridized carbons (Fsp3) is 0.308. The van der Waals surface area contributed by atoms with Crippen LogP contribution in [0.1, 0.15) is 27.6 Å². The van der Waals surface area contributed by atoms with Gasteiger partial charge in [-0.25, -0.2) is 4.79 Å². The van der Waals surface area contributed by atoms with Crippen molar-refractivity contribution in [2.24, 2.45) is 0 Å². The molecule has 0 bridgehead atoms. The summed E-state index contributed by atoms with van der Waals surface area (Å²) < 4.78 is 4.74. The number of H-pyrrole nitrogens is 1. The van der Waals surface area contributed by atoms with Gasteiger partial charge >= 0.3 is 5.97 Å². The summed E-state index contributed by atoms with van der Waals surface area (Å²) in [6, 6.07) is 3.86. The summed E-state index contributed by atoms with van der Waals surface area (Å²) >= 11 is 0. The number of esters is 1. The average Bonchev–Trinajstić information content (AvgIpc) is 2.69. The van der Waals surface area contributed by atoms with Crippen molar-refractivity contribution < 1.29 is 9.53 Å². The molecule has 0 aliphatic carbocycles. The van der Waals surface area contributed by atoms with Crippen molar-refractivity contribution >= 4 is 5.97 Å². The molecule has 0 amide bonds. The summed E-state index contributed by atoms with van der Waals surface area (Å²) in [6.45, 7) is 5.72. The van der Waals surface area contributed by atoms with E-state index in [4.69, 9.17) is 4.74 Å². The van der Waals surface area contributed by atoms with Crippen molar-refractivity contribution in [3.05, 3.63) is 34.9 Å². The molecule has 2 aromatic rings. The minimum Gasteiger partial charge on any atom is -0.464 e. The number of aromatic amines is 1. The lowest BCUT2D eigenvalue weighted by molar-refractivity contribution is 0.0595. The zero-order valence-corrected chi connectivity index (χ0v) is 10.9. The van der Waals surface area contributed by atoms with E-state index < -0.39 is 5.97 Å². The zero-order chi connectivity index (χ0) is 13.3. The minimum atomic E-state index is -0.443. The highest BCUT2D eigenvalue weighted by Gasteiger charge is 2.19. The van der Waals surface area contributed by atoms with Crippen molar-refractivity contribution in [1.82, 2.24) is 15.2 Å². The van der Waals surface area contributed by atoms with Crippen molar-refractivity contribution in [2.75, 3.05) is 7.11 Å². The van der Waals surface area contributed by atoms with Crippen LogP contribution in [0.4, 0.5) is 0 Å². The van der Waals surface area contributed by atoms with Gasteiger partial charge in [0, 0.05) is 22.6 Å². The third-order valence-corrected chi connectivity index (χ3v) is 2.70. The largest absolute Gasteiger partial charge is 0.464 e. The number of aromatic nitrogens is 3. The number of methoxy groups -OCH3 is 1. The van der Waals surface area contributed by atoms with Gasteiger partial charge < -0.3 is 4.74 Å². The molecule has 0 saturated carbocycles. The van der Waals surface area contributed by atoms with Crippen LogP contribution in [0.2, 0.25) is 0 Å². The van der Waals surface area contributed by atoms with E-state index in [1.165, 1.54) is 7.11 Å². The van der Waals surface area contributed by atoms with Gasteiger partial charge in [0.15, 0.2) is 5.69 Å². The number of carbonyl (C=O) groups excluding carboxylic acids is 1. The van der Waals surface area contributed by atoms with Crippen LogP contribution in [0.25, 0.3) is 11.1 Å². The van der Waals surface area contributed by atoms with Crippen LogP contribution >= 0.6 is 0 Å². The number of ether oxygens (including phenoxy) is 1. The molecule has 0 aliphatic heterocycles. The average molecular weight is 245 g/mol. The first-order chi connectivity index (χ1) is 8.52. The first kappa shape index (κ1) is 12.3. The Kier molecular flexibility index (Phi) is 3.14. The summed E-state index contributed by atoms with van der Waals surface area (Å²) in [5, 5.41) is 6.82.